The first kappa shape index (κ1) is 17.4. The Morgan fingerprint density at radius 1 is 0.950 bits per heavy atom. The van der Waals surface area contributed by atoms with Gasteiger partial charge in [0.2, 0.25) is 0 Å². The van der Waals surface area contributed by atoms with Crippen molar-refractivity contribution in [1.82, 2.24) is 0 Å². The predicted molar refractivity (Wildman–Crippen MR) is 92.4 cm³/mol. The lowest BCUT2D eigenvalue weighted by molar-refractivity contribution is 0.229. The Kier molecular flexibility index (Phi) is 4.91. The molecule has 1 atom stereocenters. The van der Waals surface area contributed by atoms with E-state index in [1.54, 1.807) is 0 Å². The Bertz CT molecular complexity index is 480. The summed E-state index contributed by atoms with van der Waals surface area (Å²) >= 11 is 0. The molecule has 0 aliphatic carbocycles. The average Bonchev–Trinajstić information content (AvgIpc) is 2.22. The highest BCUT2D eigenvalue weighted by Crippen LogP contribution is 2.43. The van der Waals surface area contributed by atoms with Crippen LogP contribution in [0.3, 0.4) is 0 Å². The molecular weight excluding hydrogens is 264 g/mol. The van der Waals surface area contributed by atoms with Gasteiger partial charge < -0.3 is 0 Å². The molecule has 0 aromatic heterocycles. The molecule has 0 saturated heterocycles. The Morgan fingerprint density at radius 2 is 1.40 bits per heavy atom. The highest BCUT2D eigenvalue weighted by atomic mass is 32.2. The van der Waals surface area contributed by atoms with Gasteiger partial charge in [-0.2, -0.15) is 0 Å². The van der Waals surface area contributed by atoms with Crippen molar-refractivity contribution >= 4 is 9.93 Å². The number of benzene rings is 1. The molecule has 0 N–H and O–H groups in total. The highest BCUT2D eigenvalue weighted by molar-refractivity contribution is 8.01. The Morgan fingerprint density at radius 3 is 1.70 bits per heavy atom. The minimum absolute atomic E-state index is 0.233. The van der Waals surface area contributed by atoms with Crippen molar-refractivity contribution in [3.63, 3.8) is 0 Å². The topological polar surface area (TPSA) is 17.1 Å². The van der Waals surface area contributed by atoms with E-state index in [0.29, 0.717) is 11.3 Å². The molecule has 0 spiro atoms. The van der Waals surface area contributed by atoms with Gasteiger partial charge in [0.15, 0.2) is 0 Å². The van der Waals surface area contributed by atoms with Crippen LogP contribution in [0.5, 0.6) is 0 Å². The molecule has 1 nitrogen and oxygen atoms in total. The van der Waals surface area contributed by atoms with E-state index >= 15 is 0 Å². The van der Waals surface area contributed by atoms with E-state index < -0.39 is 9.93 Å². The van der Waals surface area contributed by atoms with Crippen molar-refractivity contribution in [2.24, 2.45) is 10.8 Å². The summed E-state index contributed by atoms with van der Waals surface area (Å²) in [6.45, 7) is 13.8. The standard InChI is InChI=1S/C18H32OS/c1-17(2,3)13-16(18(4,5)6)14-9-11-15(12-10-14)20(7,8)19/h9-12,16,20H,13H2,1-8H3. The smallest absolute Gasteiger partial charge is 0.0142 e. The van der Waals surface area contributed by atoms with Crippen LogP contribution in [0.4, 0.5) is 0 Å². The summed E-state index contributed by atoms with van der Waals surface area (Å²) in [4.78, 5) is 0.977. The summed E-state index contributed by atoms with van der Waals surface area (Å²) in [5.41, 5.74) is 1.91. The van der Waals surface area contributed by atoms with E-state index in [-0.39, 0.29) is 5.41 Å². The molecule has 1 unspecified atom stereocenters. The maximum atomic E-state index is 12.1. The van der Waals surface area contributed by atoms with E-state index in [1.165, 1.54) is 5.56 Å². The summed E-state index contributed by atoms with van der Waals surface area (Å²) in [5, 5.41) is 0. The lowest BCUT2D eigenvalue weighted by atomic mass is 9.69. The second kappa shape index (κ2) is 5.63. The van der Waals surface area contributed by atoms with Gasteiger partial charge in [-0.3, -0.25) is 4.21 Å². The van der Waals surface area contributed by atoms with Gasteiger partial charge in [-0.25, -0.2) is 0 Å². The summed E-state index contributed by atoms with van der Waals surface area (Å²) < 4.78 is 12.1. The van der Waals surface area contributed by atoms with Crippen molar-refractivity contribution in [1.29, 1.82) is 0 Å². The first-order valence-corrected chi connectivity index (χ1v) is 10.1. The summed E-state index contributed by atoms with van der Waals surface area (Å²) in [5.74, 6) is 0.518. The summed E-state index contributed by atoms with van der Waals surface area (Å²) in [6, 6.07) is 8.46. The molecular formula is C18H32OS. The van der Waals surface area contributed by atoms with Crippen molar-refractivity contribution in [3.8, 4) is 0 Å². The molecule has 0 saturated carbocycles. The molecule has 1 aromatic carbocycles. The third-order valence-electron chi connectivity index (χ3n) is 3.78. The molecule has 2 heteroatoms. The van der Waals surface area contributed by atoms with E-state index in [2.05, 4.69) is 65.8 Å². The maximum Gasteiger partial charge on any atom is 0.0142 e. The third kappa shape index (κ3) is 5.05. The minimum Gasteiger partial charge on any atom is -0.281 e. The summed E-state index contributed by atoms with van der Waals surface area (Å²) in [7, 11) is -2.15. The highest BCUT2D eigenvalue weighted by Gasteiger charge is 2.30. The van der Waals surface area contributed by atoms with Gasteiger partial charge in [0.05, 0.1) is 0 Å². The normalized spacial score (nSPS) is 16.0. The number of thiol groups is 1. The lowest BCUT2D eigenvalue weighted by Crippen LogP contribution is -2.24. The number of rotatable bonds is 3. The SMILES string of the molecule is CC(C)(C)CC(c1ccc([SH](C)(C)=O)cc1)C(C)(C)C. The van der Waals surface area contributed by atoms with Gasteiger partial charge in [0.1, 0.15) is 0 Å². The van der Waals surface area contributed by atoms with Gasteiger partial charge in [-0.15, -0.1) is 0 Å². The van der Waals surface area contributed by atoms with E-state index in [0.717, 1.165) is 11.3 Å². The van der Waals surface area contributed by atoms with Crippen LogP contribution in [-0.4, -0.2) is 16.7 Å². The van der Waals surface area contributed by atoms with Gasteiger partial charge in [0, 0.05) is 4.90 Å². The van der Waals surface area contributed by atoms with Crippen molar-refractivity contribution in [3.05, 3.63) is 29.8 Å². The molecule has 0 amide bonds. The third-order valence-corrected chi connectivity index (χ3v) is 5.32. The van der Waals surface area contributed by atoms with Crippen LogP contribution in [0.25, 0.3) is 0 Å². The van der Waals surface area contributed by atoms with Crippen LogP contribution < -0.4 is 0 Å². The molecule has 0 fully saturated rings. The van der Waals surface area contributed by atoms with Crippen LogP contribution >= 0.6 is 0 Å². The van der Waals surface area contributed by atoms with Gasteiger partial charge in [-0.1, -0.05) is 63.6 Å². The quantitative estimate of drug-likeness (QED) is 0.786. The fourth-order valence-corrected chi connectivity index (χ4v) is 3.47. The first-order chi connectivity index (χ1) is 8.81. The van der Waals surface area contributed by atoms with Crippen molar-refractivity contribution < 1.29 is 4.21 Å². The van der Waals surface area contributed by atoms with Crippen LogP contribution in [0.15, 0.2) is 29.2 Å². The van der Waals surface area contributed by atoms with Crippen LogP contribution in [0.2, 0.25) is 0 Å². The Balaban J connectivity index is 3.13. The fraction of sp³-hybridized carbons (Fsp3) is 0.667. The van der Waals surface area contributed by atoms with Crippen LogP contribution in [0, 0.1) is 10.8 Å². The van der Waals surface area contributed by atoms with Crippen LogP contribution in [-0.2, 0) is 9.93 Å². The van der Waals surface area contributed by atoms with Gasteiger partial charge in [0.25, 0.3) is 0 Å². The molecule has 0 bridgehead atoms. The Hall–Kier alpha value is -0.630. The minimum atomic E-state index is -2.15. The molecule has 116 valence electrons. The predicted octanol–water partition coefficient (Wildman–Crippen LogP) is 4.89. The number of hydrogen-bond donors (Lipinski definition) is 1. The molecule has 0 aliphatic heterocycles. The van der Waals surface area contributed by atoms with Gasteiger partial charge in [-0.05, 0) is 53.4 Å². The van der Waals surface area contributed by atoms with E-state index in [4.69, 9.17) is 0 Å². The lowest BCUT2D eigenvalue weighted by Gasteiger charge is -2.36. The second-order valence-corrected chi connectivity index (χ2v) is 11.8. The Labute approximate surface area is 126 Å². The zero-order valence-electron chi connectivity index (χ0n) is 14.4. The molecule has 1 aromatic rings. The van der Waals surface area contributed by atoms with Crippen molar-refractivity contribution in [2.75, 3.05) is 12.5 Å². The zero-order valence-corrected chi connectivity index (χ0v) is 15.3. The molecule has 0 aliphatic rings. The molecule has 0 heterocycles. The zero-order chi connectivity index (χ0) is 15.8. The summed E-state index contributed by atoms with van der Waals surface area (Å²) in [6.07, 6.45) is 4.82. The molecule has 1 rings (SSSR count). The van der Waals surface area contributed by atoms with Crippen molar-refractivity contribution in [2.45, 2.75) is 58.8 Å². The number of hydrogen-bond acceptors (Lipinski definition) is 1. The van der Waals surface area contributed by atoms with E-state index in [9.17, 15) is 4.21 Å². The van der Waals surface area contributed by atoms with Crippen LogP contribution in [0.1, 0.15) is 59.4 Å². The second-order valence-electron chi connectivity index (χ2n) is 8.63. The maximum absolute atomic E-state index is 12.1. The molecule has 0 radical (unpaired) electrons. The fourth-order valence-electron chi connectivity index (χ4n) is 2.60. The first-order valence-electron chi connectivity index (χ1n) is 7.46. The monoisotopic (exact) mass is 296 g/mol. The largest absolute Gasteiger partial charge is 0.281 e. The van der Waals surface area contributed by atoms with Gasteiger partial charge >= 0.3 is 0 Å². The molecule has 20 heavy (non-hydrogen) atoms. The average molecular weight is 297 g/mol. The van der Waals surface area contributed by atoms with E-state index in [1.807, 2.05) is 12.5 Å².